The Kier molecular flexibility index (Phi) is 8.33. The molecule has 0 unspecified atom stereocenters. The summed E-state index contributed by atoms with van der Waals surface area (Å²) in [7, 11) is 2.13. The number of likely N-dealkylation sites (tertiary alicyclic amines) is 1. The molecule has 0 amide bonds. The molecule has 0 radical (unpaired) electrons. The van der Waals surface area contributed by atoms with E-state index in [9.17, 15) is 13.6 Å². The Bertz CT molecular complexity index is 1640. The topological polar surface area (TPSA) is 53.4 Å². The minimum absolute atomic E-state index is 0.0292. The van der Waals surface area contributed by atoms with E-state index in [0.717, 1.165) is 41.7 Å². The van der Waals surface area contributed by atoms with Gasteiger partial charge in [-0.15, -0.1) is 0 Å². The summed E-state index contributed by atoms with van der Waals surface area (Å²) in [4.78, 5) is 22.0. The van der Waals surface area contributed by atoms with E-state index in [1.807, 2.05) is 32.0 Å². The van der Waals surface area contributed by atoms with Crippen molar-refractivity contribution >= 4 is 16.7 Å². The number of halogens is 2. The molecule has 4 aromatic rings. The van der Waals surface area contributed by atoms with E-state index in [1.54, 1.807) is 16.8 Å². The molecule has 2 fully saturated rings. The fourth-order valence-corrected chi connectivity index (χ4v) is 7.13. The second-order valence-electron chi connectivity index (χ2n) is 13.1. The zero-order chi connectivity index (χ0) is 31.1. The molecule has 2 aromatic carbocycles. The maximum atomic E-state index is 14.4. The van der Waals surface area contributed by atoms with Gasteiger partial charge in [0.15, 0.2) is 0 Å². The largest absolute Gasteiger partial charge is 0.363 e. The molecule has 2 aliphatic rings. The highest BCUT2D eigenvalue weighted by Gasteiger charge is 2.49. The Balaban J connectivity index is 1.19. The van der Waals surface area contributed by atoms with Crippen molar-refractivity contribution in [2.45, 2.75) is 82.6 Å². The first-order valence-electron chi connectivity index (χ1n) is 15.8. The molecule has 6 nitrogen and oxygen atoms in total. The predicted molar refractivity (Wildman–Crippen MR) is 173 cm³/mol. The summed E-state index contributed by atoms with van der Waals surface area (Å²) in [6.07, 6.45) is 2.50. The minimum atomic E-state index is -2.60. The second kappa shape index (κ2) is 12.1. The van der Waals surface area contributed by atoms with Gasteiger partial charge in [-0.2, -0.15) is 0 Å². The van der Waals surface area contributed by atoms with Crippen molar-refractivity contribution in [1.82, 2.24) is 19.4 Å². The number of nitrogens with zero attached hydrogens (tertiary/aromatic N) is 4. The molecule has 1 N–H and O–H groups in total. The van der Waals surface area contributed by atoms with E-state index in [-0.39, 0.29) is 30.5 Å². The molecule has 1 aliphatic heterocycles. The number of benzene rings is 2. The van der Waals surface area contributed by atoms with Gasteiger partial charge >= 0.3 is 0 Å². The molecule has 1 atom stereocenters. The highest BCUT2D eigenvalue weighted by molar-refractivity contribution is 5.80. The van der Waals surface area contributed by atoms with Crippen LogP contribution >= 0.6 is 0 Å². The number of anilines is 1. The van der Waals surface area contributed by atoms with Gasteiger partial charge in [-0.3, -0.25) is 14.6 Å². The summed E-state index contributed by atoms with van der Waals surface area (Å²) >= 11 is 0. The highest BCUT2D eigenvalue weighted by atomic mass is 19.3. The van der Waals surface area contributed by atoms with Gasteiger partial charge in [0.2, 0.25) is 5.92 Å². The third-order valence-electron chi connectivity index (χ3n) is 9.86. The molecule has 0 spiro atoms. The average molecular weight is 600 g/mol. The number of aromatic nitrogens is 2. The van der Waals surface area contributed by atoms with E-state index in [4.69, 9.17) is 0 Å². The number of hydrogen-bond acceptors (Lipinski definition) is 5. The fraction of sp³-hybridized carbons (Fsp3) is 0.444. The Morgan fingerprint density at radius 2 is 1.64 bits per heavy atom. The maximum Gasteiger partial charge on any atom is 0.251 e. The van der Waals surface area contributed by atoms with Crippen LogP contribution in [0.15, 0.2) is 83.8 Å². The van der Waals surface area contributed by atoms with Crippen LogP contribution in [-0.4, -0.2) is 51.5 Å². The first-order valence-corrected chi connectivity index (χ1v) is 15.8. The standard InChI is InChI=1S/C36H43F2N5O/c1-25(2)43-32-20-33(39-21-29(32)12-15-34(43)44)40-26(3)28-10-13-30(14-11-28)35(16-18-36(37,38)19-17-35)41(4)31-23-42(24-31)22-27-8-6-5-7-9-27/h5-15,20-21,25-26,31H,16-19,22-24H2,1-4H3,(H,39,40)/t26-/m0/s1. The van der Waals surface area contributed by atoms with Crippen molar-refractivity contribution in [3.63, 3.8) is 0 Å². The van der Waals surface area contributed by atoms with E-state index in [0.29, 0.717) is 24.7 Å². The smallest absolute Gasteiger partial charge is 0.251 e. The van der Waals surface area contributed by atoms with Crippen molar-refractivity contribution in [3.8, 4) is 0 Å². The van der Waals surface area contributed by atoms with E-state index in [1.165, 1.54) is 5.56 Å². The van der Waals surface area contributed by atoms with Crippen LogP contribution in [0, 0.1) is 0 Å². The molecule has 44 heavy (non-hydrogen) atoms. The van der Waals surface area contributed by atoms with Crippen LogP contribution in [0.4, 0.5) is 14.6 Å². The Morgan fingerprint density at radius 1 is 0.955 bits per heavy atom. The first-order chi connectivity index (χ1) is 21.0. The van der Waals surface area contributed by atoms with Crippen molar-refractivity contribution in [3.05, 3.63) is 106 Å². The third kappa shape index (κ3) is 6.02. The van der Waals surface area contributed by atoms with Crippen molar-refractivity contribution in [2.75, 3.05) is 25.5 Å². The van der Waals surface area contributed by atoms with Gasteiger partial charge in [0.25, 0.3) is 5.56 Å². The molecule has 8 heteroatoms. The Morgan fingerprint density at radius 3 is 2.30 bits per heavy atom. The van der Waals surface area contributed by atoms with Crippen LogP contribution in [0.25, 0.3) is 10.9 Å². The normalized spacial score (nSPS) is 19.3. The van der Waals surface area contributed by atoms with Gasteiger partial charge in [0.05, 0.1) is 5.52 Å². The lowest BCUT2D eigenvalue weighted by Crippen LogP contribution is -2.63. The molecule has 232 valence electrons. The second-order valence-corrected chi connectivity index (χ2v) is 13.1. The summed E-state index contributed by atoms with van der Waals surface area (Å²) in [5.74, 6) is -1.90. The number of pyridine rings is 2. The van der Waals surface area contributed by atoms with Crippen LogP contribution in [0.3, 0.4) is 0 Å². The molecular formula is C36H43F2N5O. The van der Waals surface area contributed by atoms with Crippen LogP contribution in [0.1, 0.15) is 75.2 Å². The number of fused-ring (bicyclic) bond motifs is 1. The monoisotopic (exact) mass is 599 g/mol. The lowest BCUT2D eigenvalue weighted by molar-refractivity contribution is -0.104. The Hall–Kier alpha value is -3.62. The van der Waals surface area contributed by atoms with Crippen molar-refractivity contribution < 1.29 is 8.78 Å². The molecule has 2 aromatic heterocycles. The zero-order valence-electron chi connectivity index (χ0n) is 26.1. The SMILES string of the molecule is CC(C)n1c(=O)ccc2cnc(N[C@@H](C)c3ccc(C4(N(C)C5CN(Cc6ccccc6)C5)CCC(F)(F)CC4)cc3)cc21. The first kappa shape index (κ1) is 30.4. The summed E-state index contributed by atoms with van der Waals surface area (Å²) in [5, 5.41) is 4.42. The van der Waals surface area contributed by atoms with Crippen LogP contribution in [-0.2, 0) is 12.1 Å². The van der Waals surface area contributed by atoms with Crippen molar-refractivity contribution in [1.29, 1.82) is 0 Å². The summed E-state index contributed by atoms with van der Waals surface area (Å²) in [6, 6.07) is 24.6. The Labute approximate surface area is 258 Å². The lowest BCUT2D eigenvalue weighted by atomic mass is 9.73. The minimum Gasteiger partial charge on any atom is -0.363 e. The van der Waals surface area contributed by atoms with Crippen LogP contribution < -0.4 is 10.9 Å². The summed E-state index contributed by atoms with van der Waals surface area (Å²) < 4.78 is 30.7. The van der Waals surface area contributed by atoms with Crippen LogP contribution in [0.2, 0.25) is 0 Å². The van der Waals surface area contributed by atoms with E-state index >= 15 is 0 Å². The predicted octanol–water partition coefficient (Wildman–Crippen LogP) is 7.37. The van der Waals surface area contributed by atoms with Gasteiger partial charge < -0.3 is 9.88 Å². The number of alkyl halides is 2. The zero-order valence-corrected chi connectivity index (χ0v) is 26.1. The third-order valence-corrected chi connectivity index (χ3v) is 9.86. The van der Waals surface area contributed by atoms with Gasteiger partial charge in [0.1, 0.15) is 5.82 Å². The lowest BCUT2D eigenvalue weighted by Gasteiger charge is -2.54. The summed E-state index contributed by atoms with van der Waals surface area (Å²) in [5.41, 5.74) is 3.90. The maximum absolute atomic E-state index is 14.4. The molecule has 3 heterocycles. The molecule has 6 rings (SSSR count). The number of nitrogens with one attached hydrogen (secondary N) is 1. The molecule has 1 aliphatic carbocycles. The van der Waals surface area contributed by atoms with Gasteiger partial charge in [-0.1, -0.05) is 54.6 Å². The quantitative estimate of drug-likeness (QED) is 0.218. The van der Waals surface area contributed by atoms with E-state index < -0.39 is 11.5 Å². The number of hydrogen-bond donors (Lipinski definition) is 1. The molecule has 1 saturated heterocycles. The molecule has 0 bridgehead atoms. The van der Waals surface area contributed by atoms with Gasteiger partial charge in [0, 0.05) is 79.9 Å². The van der Waals surface area contributed by atoms with Gasteiger partial charge in [-0.25, -0.2) is 13.8 Å². The molecular weight excluding hydrogens is 556 g/mol. The van der Waals surface area contributed by atoms with Crippen molar-refractivity contribution in [2.24, 2.45) is 0 Å². The van der Waals surface area contributed by atoms with E-state index in [2.05, 4.69) is 82.6 Å². The number of likely N-dealkylation sites (N-methyl/N-ethyl adjacent to an activating group) is 1. The molecule has 1 saturated carbocycles. The highest BCUT2D eigenvalue weighted by Crippen LogP contribution is 2.48. The fourth-order valence-electron chi connectivity index (χ4n) is 7.13. The number of rotatable bonds is 9. The average Bonchev–Trinajstić information content (AvgIpc) is 2.99. The summed E-state index contributed by atoms with van der Waals surface area (Å²) in [6.45, 7) is 8.87. The van der Waals surface area contributed by atoms with Gasteiger partial charge in [-0.05, 0) is 63.4 Å². The van der Waals surface area contributed by atoms with Crippen LogP contribution in [0.5, 0.6) is 0 Å².